The van der Waals surface area contributed by atoms with Gasteiger partial charge < -0.3 is 5.11 Å². The third kappa shape index (κ3) is 2.74. The van der Waals surface area contributed by atoms with E-state index >= 15 is 0 Å². The zero-order chi connectivity index (χ0) is 13.4. The summed E-state index contributed by atoms with van der Waals surface area (Å²) in [5.41, 5.74) is 0. The number of rotatable bonds is 2. The first-order chi connectivity index (χ1) is 9.13. The van der Waals surface area contributed by atoms with Crippen molar-refractivity contribution in [2.45, 2.75) is 26.0 Å². The SMILES string of the molecule is CC1CN(Cc2nc(Cl)c3ccsc3n2)CCC1O. The van der Waals surface area contributed by atoms with Crippen molar-refractivity contribution in [2.75, 3.05) is 13.1 Å². The van der Waals surface area contributed by atoms with Crippen LogP contribution in [0.4, 0.5) is 0 Å². The summed E-state index contributed by atoms with van der Waals surface area (Å²) in [5.74, 6) is 1.07. The molecule has 2 unspecified atom stereocenters. The standard InChI is InChI=1S/C13H16ClN3OS/c1-8-6-17(4-2-10(8)18)7-11-15-12(14)9-3-5-19-13(9)16-11/h3,5,8,10,18H,2,4,6-7H2,1H3. The molecule has 3 heterocycles. The van der Waals surface area contributed by atoms with Gasteiger partial charge in [-0.25, -0.2) is 9.97 Å². The molecule has 3 rings (SSSR count). The maximum Gasteiger partial charge on any atom is 0.145 e. The maximum absolute atomic E-state index is 9.74. The number of nitrogens with zero attached hydrogens (tertiary/aromatic N) is 3. The lowest BCUT2D eigenvalue weighted by molar-refractivity contribution is 0.0311. The van der Waals surface area contributed by atoms with Crippen LogP contribution >= 0.6 is 22.9 Å². The molecular formula is C13H16ClN3OS. The van der Waals surface area contributed by atoms with Crippen molar-refractivity contribution in [2.24, 2.45) is 5.92 Å². The topological polar surface area (TPSA) is 49.2 Å². The van der Waals surface area contributed by atoms with Crippen LogP contribution in [-0.4, -0.2) is 39.2 Å². The van der Waals surface area contributed by atoms with Crippen LogP contribution in [-0.2, 0) is 6.54 Å². The van der Waals surface area contributed by atoms with Crippen molar-refractivity contribution in [3.8, 4) is 0 Å². The van der Waals surface area contributed by atoms with Crippen molar-refractivity contribution in [1.29, 1.82) is 0 Å². The fraction of sp³-hybridized carbons (Fsp3) is 0.538. The quantitative estimate of drug-likeness (QED) is 0.866. The van der Waals surface area contributed by atoms with Crippen molar-refractivity contribution in [3.63, 3.8) is 0 Å². The number of aliphatic hydroxyl groups is 1. The summed E-state index contributed by atoms with van der Waals surface area (Å²) in [6, 6.07) is 1.95. The molecule has 4 nitrogen and oxygen atoms in total. The Morgan fingerprint density at radius 1 is 1.53 bits per heavy atom. The van der Waals surface area contributed by atoms with Gasteiger partial charge in [0.1, 0.15) is 15.8 Å². The van der Waals surface area contributed by atoms with E-state index in [2.05, 4.69) is 21.8 Å². The molecule has 0 aromatic carbocycles. The van der Waals surface area contributed by atoms with E-state index in [0.717, 1.165) is 35.6 Å². The number of likely N-dealkylation sites (tertiary alicyclic amines) is 1. The average Bonchev–Trinajstić information content (AvgIpc) is 2.82. The third-order valence-corrected chi connectivity index (χ3v) is 4.73. The largest absolute Gasteiger partial charge is 0.393 e. The molecule has 0 bridgehead atoms. The van der Waals surface area contributed by atoms with Gasteiger partial charge in [0.05, 0.1) is 12.6 Å². The minimum absolute atomic E-state index is 0.180. The number of halogens is 1. The van der Waals surface area contributed by atoms with Crippen molar-refractivity contribution in [1.82, 2.24) is 14.9 Å². The third-order valence-electron chi connectivity index (χ3n) is 3.63. The number of thiophene rings is 1. The highest BCUT2D eigenvalue weighted by Crippen LogP contribution is 2.25. The van der Waals surface area contributed by atoms with Gasteiger partial charge >= 0.3 is 0 Å². The molecule has 2 aromatic heterocycles. The first-order valence-electron chi connectivity index (χ1n) is 6.43. The number of aliphatic hydroxyl groups excluding tert-OH is 1. The summed E-state index contributed by atoms with van der Waals surface area (Å²) in [4.78, 5) is 12.1. The molecule has 1 N–H and O–H groups in total. The molecule has 0 spiro atoms. The summed E-state index contributed by atoms with van der Waals surface area (Å²) in [6.07, 6.45) is 0.636. The van der Waals surface area contributed by atoms with E-state index in [1.165, 1.54) is 0 Å². The highest BCUT2D eigenvalue weighted by atomic mass is 35.5. The smallest absolute Gasteiger partial charge is 0.145 e. The van der Waals surface area contributed by atoms with Crippen LogP contribution in [0.25, 0.3) is 10.2 Å². The molecule has 0 saturated carbocycles. The number of hydrogen-bond acceptors (Lipinski definition) is 5. The Labute approximate surface area is 121 Å². The molecule has 2 aromatic rings. The predicted octanol–water partition coefficient (Wildman–Crippen LogP) is 2.55. The molecular weight excluding hydrogens is 282 g/mol. The van der Waals surface area contributed by atoms with Gasteiger partial charge in [-0.2, -0.15) is 0 Å². The zero-order valence-electron chi connectivity index (χ0n) is 10.7. The molecule has 0 radical (unpaired) electrons. The highest BCUT2D eigenvalue weighted by Gasteiger charge is 2.24. The first kappa shape index (κ1) is 13.2. The van der Waals surface area contributed by atoms with Crippen LogP contribution in [0.3, 0.4) is 0 Å². The van der Waals surface area contributed by atoms with E-state index in [-0.39, 0.29) is 6.10 Å². The number of hydrogen-bond donors (Lipinski definition) is 1. The van der Waals surface area contributed by atoms with E-state index < -0.39 is 0 Å². The van der Waals surface area contributed by atoms with Crippen LogP contribution in [0.2, 0.25) is 5.15 Å². The number of fused-ring (bicyclic) bond motifs is 1. The minimum Gasteiger partial charge on any atom is -0.393 e. The Morgan fingerprint density at radius 2 is 2.37 bits per heavy atom. The summed E-state index contributed by atoms with van der Waals surface area (Å²) < 4.78 is 0. The molecule has 102 valence electrons. The first-order valence-corrected chi connectivity index (χ1v) is 7.69. The fourth-order valence-electron chi connectivity index (χ4n) is 2.49. The van der Waals surface area contributed by atoms with Crippen LogP contribution in [0.5, 0.6) is 0 Å². The van der Waals surface area contributed by atoms with Crippen molar-refractivity contribution in [3.05, 3.63) is 22.4 Å². The molecule has 1 aliphatic heterocycles. The van der Waals surface area contributed by atoms with Gasteiger partial charge in [-0.15, -0.1) is 11.3 Å². The van der Waals surface area contributed by atoms with Gasteiger partial charge in [0.2, 0.25) is 0 Å². The van der Waals surface area contributed by atoms with Gasteiger partial charge in [-0.1, -0.05) is 18.5 Å². The Morgan fingerprint density at radius 3 is 3.16 bits per heavy atom. The summed E-state index contributed by atoms with van der Waals surface area (Å²) in [5, 5.41) is 13.2. The minimum atomic E-state index is -0.180. The Hall–Kier alpha value is -0.750. The van der Waals surface area contributed by atoms with Gasteiger partial charge in [0.25, 0.3) is 0 Å². The lowest BCUT2D eigenvalue weighted by atomic mass is 9.97. The van der Waals surface area contributed by atoms with Crippen LogP contribution < -0.4 is 0 Å². The van der Waals surface area contributed by atoms with Crippen LogP contribution in [0.1, 0.15) is 19.2 Å². The maximum atomic E-state index is 9.74. The van der Waals surface area contributed by atoms with Crippen molar-refractivity contribution >= 4 is 33.2 Å². The average molecular weight is 298 g/mol. The number of aromatic nitrogens is 2. The van der Waals surface area contributed by atoms with E-state index in [1.54, 1.807) is 11.3 Å². The zero-order valence-corrected chi connectivity index (χ0v) is 12.3. The van der Waals surface area contributed by atoms with Crippen LogP contribution in [0.15, 0.2) is 11.4 Å². The monoisotopic (exact) mass is 297 g/mol. The Kier molecular flexibility index (Phi) is 3.71. The Bertz CT molecular complexity index is 588. The molecule has 6 heteroatoms. The lowest BCUT2D eigenvalue weighted by Gasteiger charge is -2.33. The summed E-state index contributed by atoms with van der Waals surface area (Å²) in [6.45, 7) is 4.54. The van der Waals surface area contributed by atoms with Crippen molar-refractivity contribution < 1.29 is 5.11 Å². The van der Waals surface area contributed by atoms with E-state index in [0.29, 0.717) is 17.6 Å². The molecule has 0 amide bonds. The summed E-state index contributed by atoms with van der Waals surface area (Å²) >= 11 is 7.75. The number of piperidine rings is 1. The second-order valence-electron chi connectivity index (χ2n) is 5.14. The fourth-order valence-corrected chi connectivity index (χ4v) is 3.58. The normalized spacial score (nSPS) is 25.0. The molecule has 0 aliphatic carbocycles. The molecule has 1 fully saturated rings. The molecule has 1 aliphatic rings. The van der Waals surface area contributed by atoms with E-state index in [4.69, 9.17) is 11.6 Å². The van der Waals surface area contributed by atoms with E-state index in [1.807, 2.05) is 11.4 Å². The summed E-state index contributed by atoms with van der Waals surface area (Å²) in [7, 11) is 0. The molecule has 2 atom stereocenters. The van der Waals surface area contributed by atoms with Gasteiger partial charge in [-0.3, -0.25) is 4.90 Å². The lowest BCUT2D eigenvalue weighted by Crippen LogP contribution is -2.41. The van der Waals surface area contributed by atoms with Gasteiger partial charge in [0, 0.05) is 18.5 Å². The predicted molar refractivity (Wildman–Crippen MR) is 77.5 cm³/mol. The van der Waals surface area contributed by atoms with Gasteiger partial charge in [0.15, 0.2) is 0 Å². The molecule has 1 saturated heterocycles. The second-order valence-corrected chi connectivity index (χ2v) is 6.39. The molecule has 19 heavy (non-hydrogen) atoms. The van der Waals surface area contributed by atoms with Crippen LogP contribution in [0, 0.1) is 5.92 Å². The Balaban J connectivity index is 1.78. The van der Waals surface area contributed by atoms with E-state index in [9.17, 15) is 5.11 Å². The van der Waals surface area contributed by atoms with Gasteiger partial charge in [-0.05, 0) is 23.8 Å². The highest BCUT2D eigenvalue weighted by molar-refractivity contribution is 7.16. The second kappa shape index (κ2) is 5.32.